The van der Waals surface area contributed by atoms with Gasteiger partial charge in [0.2, 0.25) is 0 Å². The molecule has 0 spiro atoms. The molecule has 0 aliphatic carbocycles. The van der Waals surface area contributed by atoms with E-state index in [4.69, 9.17) is 11.2 Å². The summed E-state index contributed by atoms with van der Waals surface area (Å²) in [6.45, 7) is 2.70. The van der Waals surface area contributed by atoms with Crippen molar-refractivity contribution in [1.29, 1.82) is 0 Å². The van der Waals surface area contributed by atoms with Crippen molar-refractivity contribution in [1.82, 2.24) is 5.32 Å². The van der Waals surface area contributed by atoms with Crippen LogP contribution in [0.2, 0.25) is 0 Å². The molecule has 0 fully saturated rings. The van der Waals surface area contributed by atoms with E-state index in [1.165, 1.54) is 5.56 Å². The third-order valence-corrected chi connectivity index (χ3v) is 2.33. The van der Waals surface area contributed by atoms with Gasteiger partial charge in [-0.15, -0.1) is 12.3 Å². The molecule has 0 bridgehead atoms. The van der Waals surface area contributed by atoms with Crippen LogP contribution < -0.4 is 10.1 Å². The third-order valence-electron chi connectivity index (χ3n) is 2.33. The molecule has 0 aromatic heterocycles. The van der Waals surface area contributed by atoms with Crippen molar-refractivity contribution in [2.75, 3.05) is 13.7 Å². The first-order valence-electron chi connectivity index (χ1n) is 5.11. The van der Waals surface area contributed by atoms with Crippen LogP contribution in [0.5, 0.6) is 5.75 Å². The molecule has 2 heteroatoms. The molecular formula is C13H17NO. The van der Waals surface area contributed by atoms with Crippen molar-refractivity contribution in [2.45, 2.75) is 19.4 Å². The summed E-state index contributed by atoms with van der Waals surface area (Å²) >= 11 is 0. The highest BCUT2D eigenvalue weighted by Crippen LogP contribution is 2.17. The van der Waals surface area contributed by atoms with Crippen LogP contribution in [0.25, 0.3) is 0 Å². The Balaban J connectivity index is 2.53. The lowest BCUT2D eigenvalue weighted by atomic mass is 10.1. The van der Waals surface area contributed by atoms with Crippen LogP contribution in [0.15, 0.2) is 24.3 Å². The topological polar surface area (TPSA) is 21.3 Å². The summed E-state index contributed by atoms with van der Waals surface area (Å²) < 4.78 is 5.45. The quantitative estimate of drug-likeness (QED) is 0.586. The minimum Gasteiger partial charge on any atom is -0.493 e. The lowest BCUT2D eigenvalue weighted by molar-refractivity contribution is 0.327. The minimum absolute atomic E-state index is 0.366. The first-order chi connectivity index (χ1) is 7.27. The molecule has 1 aromatic carbocycles. The number of ether oxygens (including phenoxy) is 1. The second-order valence-electron chi connectivity index (χ2n) is 3.38. The van der Waals surface area contributed by atoms with Gasteiger partial charge in [0, 0.05) is 12.5 Å². The zero-order valence-corrected chi connectivity index (χ0v) is 9.29. The first kappa shape index (κ1) is 11.6. The number of rotatable bonds is 5. The summed E-state index contributed by atoms with van der Waals surface area (Å²) in [4.78, 5) is 0. The molecule has 1 N–H and O–H groups in total. The van der Waals surface area contributed by atoms with Crippen molar-refractivity contribution >= 4 is 0 Å². The Bertz CT molecular complexity index is 323. The molecule has 0 saturated heterocycles. The average Bonchev–Trinajstić information content (AvgIpc) is 2.29. The Labute approximate surface area is 91.6 Å². The van der Waals surface area contributed by atoms with E-state index in [1.807, 2.05) is 19.2 Å². The SMILES string of the molecule is C#CCCOc1ccc(C(C)NC)cc1. The van der Waals surface area contributed by atoms with E-state index in [-0.39, 0.29) is 0 Å². The Morgan fingerprint density at radius 3 is 2.60 bits per heavy atom. The normalized spacial score (nSPS) is 11.8. The summed E-state index contributed by atoms with van der Waals surface area (Å²) in [5.74, 6) is 3.41. The van der Waals surface area contributed by atoms with Crippen LogP contribution in [-0.2, 0) is 0 Å². The van der Waals surface area contributed by atoms with Crippen molar-refractivity contribution in [3.8, 4) is 18.1 Å². The van der Waals surface area contributed by atoms with E-state index >= 15 is 0 Å². The Morgan fingerprint density at radius 1 is 1.40 bits per heavy atom. The van der Waals surface area contributed by atoms with Gasteiger partial charge in [0.1, 0.15) is 5.75 Å². The first-order valence-corrected chi connectivity index (χ1v) is 5.11. The Morgan fingerprint density at radius 2 is 2.07 bits per heavy atom. The lowest BCUT2D eigenvalue weighted by Gasteiger charge is -2.11. The predicted molar refractivity (Wildman–Crippen MR) is 62.9 cm³/mol. The van der Waals surface area contributed by atoms with E-state index in [0.29, 0.717) is 19.1 Å². The monoisotopic (exact) mass is 203 g/mol. The lowest BCUT2D eigenvalue weighted by Crippen LogP contribution is -2.11. The molecular weight excluding hydrogens is 186 g/mol. The minimum atomic E-state index is 0.366. The summed E-state index contributed by atoms with van der Waals surface area (Å²) in [6, 6.07) is 8.43. The van der Waals surface area contributed by atoms with Gasteiger partial charge in [-0.05, 0) is 31.7 Å². The van der Waals surface area contributed by atoms with Gasteiger partial charge in [-0.1, -0.05) is 12.1 Å². The smallest absolute Gasteiger partial charge is 0.119 e. The third kappa shape index (κ3) is 3.65. The molecule has 1 aromatic rings. The average molecular weight is 203 g/mol. The summed E-state index contributed by atoms with van der Waals surface area (Å²) in [5, 5.41) is 3.19. The standard InChI is InChI=1S/C13H17NO/c1-4-5-10-15-13-8-6-12(7-9-13)11(2)14-3/h1,6-9,11,14H,5,10H2,2-3H3. The van der Waals surface area contributed by atoms with Crippen LogP contribution in [0.3, 0.4) is 0 Å². The van der Waals surface area contributed by atoms with E-state index in [1.54, 1.807) is 0 Å². The molecule has 80 valence electrons. The fraction of sp³-hybridized carbons (Fsp3) is 0.385. The molecule has 15 heavy (non-hydrogen) atoms. The van der Waals surface area contributed by atoms with Gasteiger partial charge in [0.25, 0.3) is 0 Å². The zero-order chi connectivity index (χ0) is 11.1. The van der Waals surface area contributed by atoms with Crippen molar-refractivity contribution in [2.24, 2.45) is 0 Å². The summed E-state index contributed by atoms with van der Waals surface area (Å²) in [6.07, 6.45) is 5.78. The Kier molecular flexibility index (Phi) is 4.73. The van der Waals surface area contributed by atoms with Crippen LogP contribution in [0, 0.1) is 12.3 Å². The maximum atomic E-state index is 5.45. The van der Waals surface area contributed by atoms with Gasteiger partial charge in [0.15, 0.2) is 0 Å². The molecule has 0 amide bonds. The predicted octanol–water partition coefficient (Wildman–Crippen LogP) is 2.37. The second kappa shape index (κ2) is 6.10. The van der Waals surface area contributed by atoms with Crippen molar-refractivity contribution < 1.29 is 4.74 Å². The molecule has 1 unspecified atom stereocenters. The number of hydrogen-bond acceptors (Lipinski definition) is 2. The molecule has 0 saturated carbocycles. The van der Waals surface area contributed by atoms with E-state index in [2.05, 4.69) is 30.3 Å². The highest BCUT2D eigenvalue weighted by molar-refractivity contribution is 5.28. The number of nitrogens with one attached hydrogen (secondary N) is 1. The van der Waals surface area contributed by atoms with Gasteiger partial charge in [0.05, 0.1) is 6.61 Å². The van der Waals surface area contributed by atoms with Crippen LogP contribution >= 0.6 is 0 Å². The number of benzene rings is 1. The van der Waals surface area contributed by atoms with Gasteiger partial charge in [-0.2, -0.15) is 0 Å². The molecule has 2 nitrogen and oxygen atoms in total. The number of hydrogen-bond donors (Lipinski definition) is 1. The maximum Gasteiger partial charge on any atom is 0.119 e. The van der Waals surface area contributed by atoms with E-state index < -0.39 is 0 Å². The molecule has 0 aliphatic rings. The highest BCUT2D eigenvalue weighted by Gasteiger charge is 2.01. The van der Waals surface area contributed by atoms with Crippen LogP contribution in [-0.4, -0.2) is 13.7 Å². The van der Waals surface area contributed by atoms with E-state index in [9.17, 15) is 0 Å². The molecule has 0 heterocycles. The summed E-state index contributed by atoms with van der Waals surface area (Å²) in [7, 11) is 1.95. The zero-order valence-electron chi connectivity index (χ0n) is 9.29. The highest BCUT2D eigenvalue weighted by atomic mass is 16.5. The second-order valence-corrected chi connectivity index (χ2v) is 3.38. The van der Waals surface area contributed by atoms with Crippen LogP contribution in [0.1, 0.15) is 24.9 Å². The summed E-state index contributed by atoms with van der Waals surface area (Å²) in [5.41, 5.74) is 1.25. The molecule has 0 aliphatic heterocycles. The maximum absolute atomic E-state index is 5.45. The van der Waals surface area contributed by atoms with Crippen LogP contribution in [0.4, 0.5) is 0 Å². The molecule has 1 rings (SSSR count). The fourth-order valence-electron chi connectivity index (χ4n) is 1.25. The largest absolute Gasteiger partial charge is 0.493 e. The van der Waals surface area contributed by atoms with E-state index in [0.717, 1.165) is 5.75 Å². The van der Waals surface area contributed by atoms with Gasteiger partial charge in [-0.3, -0.25) is 0 Å². The van der Waals surface area contributed by atoms with Gasteiger partial charge < -0.3 is 10.1 Å². The number of terminal acetylenes is 1. The fourth-order valence-corrected chi connectivity index (χ4v) is 1.25. The molecule has 0 radical (unpaired) electrons. The molecule has 1 atom stereocenters. The van der Waals surface area contributed by atoms with Gasteiger partial charge in [-0.25, -0.2) is 0 Å². The van der Waals surface area contributed by atoms with Crippen molar-refractivity contribution in [3.05, 3.63) is 29.8 Å². The van der Waals surface area contributed by atoms with Gasteiger partial charge >= 0.3 is 0 Å². The van der Waals surface area contributed by atoms with Crippen molar-refractivity contribution in [3.63, 3.8) is 0 Å². The Hall–Kier alpha value is -1.46.